The van der Waals surface area contributed by atoms with Gasteiger partial charge in [0, 0.05) is 13.1 Å². The summed E-state index contributed by atoms with van der Waals surface area (Å²) in [6.07, 6.45) is 1.88. The lowest BCUT2D eigenvalue weighted by molar-refractivity contribution is 0.0184. The number of amides is 1. The monoisotopic (exact) mass is 266 g/mol. The van der Waals surface area contributed by atoms with Crippen molar-refractivity contribution in [3.63, 3.8) is 0 Å². The molecule has 0 radical (unpaired) electrons. The van der Waals surface area contributed by atoms with E-state index in [2.05, 4.69) is 17.2 Å². The van der Waals surface area contributed by atoms with E-state index >= 15 is 0 Å². The van der Waals surface area contributed by atoms with Gasteiger partial charge >= 0.3 is 6.09 Å². The third-order valence-electron chi connectivity index (χ3n) is 3.09. The SMILES string of the molecule is CC#CCNCC1CCN(C(=O)OC(C)(C)C)CC1. The first kappa shape index (κ1) is 15.8. The van der Waals surface area contributed by atoms with Gasteiger partial charge < -0.3 is 15.0 Å². The first-order chi connectivity index (χ1) is 8.92. The maximum Gasteiger partial charge on any atom is 0.410 e. The average molecular weight is 266 g/mol. The van der Waals surface area contributed by atoms with Gasteiger partial charge in [-0.2, -0.15) is 0 Å². The van der Waals surface area contributed by atoms with E-state index < -0.39 is 5.60 Å². The number of hydrogen-bond acceptors (Lipinski definition) is 3. The quantitative estimate of drug-likeness (QED) is 0.629. The second-order valence-electron chi connectivity index (χ2n) is 5.97. The van der Waals surface area contributed by atoms with Gasteiger partial charge in [0.2, 0.25) is 0 Å². The maximum absolute atomic E-state index is 11.9. The second-order valence-corrected chi connectivity index (χ2v) is 5.97. The van der Waals surface area contributed by atoms with Gasteiger partial charge in [-0.1, -0.05) is 5.92 Å². The molecule has 4 heteroatoms. The van der Waals surface area contributed by atoms with Crippen LogP contribution in [0, 0.1) is 17.8 Å². The Labute approximate surface area is 116 Å². The Bertz CT molecular complexity index is 341. The highest BCUT2D eigenvalue weighted by molar-refractivity contribution is 5.68. The number of hydrogen-bond donors (Lipinski definition) is 1. The minimum Gasteiger partial charge on any atom is -0.444 e. The highest BCUT2D eigenvalue weighted by Crippen LogP contribution is 2.18. The molecule has 0 atom stereocenters. The molecule has 1 amide bonds. The zero-order valence-electron chi connectivity index (χ0n) is 12.6. The molecule has 1 aliphatic rings. The molecule has 1 saturated heterocycles. The number of carbonyl (C=O) groups excluding carboxylic acids is 1. The van der Waals surface area contributed by atoms with Gasteiger partial charge in [-0.05, 0) is 53.0 Å². The summed E-state index contributed by atoms with van der Waals surface area (Å²) in [6.45, 7) is 10.9. The van der Waals surface area contributed by atoms with Gasteiger partial charge in [0.15, 0.2) is 0 Å². The van der Waals surface area contributed by atoms with Crippen molar-refractivity contribution in [2.75, 3.05) is 26.2 Å². The van der Waals surface area contributed by atoms with E-state index in [0.717, 1.165) is 39.0 Å². The molecule has 19 heavy (non-hydrogen) atoms. The summed E-state index contributed by atoms with van der Waals surface area (Å²) in [5.41, 5.74) is -0.408. The summed E-state index contributed by atoms with van der Waals surface area (Å²) in [7, 11) is 0. The van der Waals surface area contributed by atoms with E-state index in [-0.39, 0.29) is 6.09 Å². The van der Waals surface area contributed by atoms with Crippen LogP contribution in [0.2, 0.25) is 0 Å². The first-order valence-electron chi connectivity index (χ1n) is 7.00. The minimum absolute atomic E-state index is 0.184. The van der Waals surface area contributed by atoms with Gasteiger partial charge in [0.25, 0.3) is 0 Å². The number of piperidine rings is 1. The molecule has 0 unspecified atom stereocenters. The largest absolute Gasteiger partial charge is 0.444 e. The molecule has 0 aromatic rings. The lowest BCUT2D eigenvalue weighted by atomic mass is 9.97. The molecule has 1 rings (SSSR count). The van der Waals surface area contributed by atoms with Crippen molar-refractivity contribution in [3.05, 3.63) is 0 Å². The third-order valence-corrected chi connectivity index (χ3v) is 3.09. The molecule has 1 fully saturated rings. The van der Waals surface area contributed by atoms with Gasteiger partial charge in [0.1, 0.15) is 5.60 Å². The molecule has 4 nitrogen and oxygen atoms in total. The Morgan fingerprint density at radius 3 is 2.53 bits per heavy atom. The molecule has 0 aromatic carbocycles. The van der Waals surface area contributed by atoms with E-state index in [1.54, 1.807) is 0 Å². The van der Waals surface area contributed by atoms with Crippen LogP contribution in [0.5, 0.6) is 0 Å². The molecular formula is C15H26N2O2. The fraction of sp³-hybridized carbons (Fsp3) is 0.800. The summed E-state index contributed by atoms with van der Waals surface area (Å²) in [5, 5.41) is 3.33. The Hall–Kier alpha value is -1.21. The van der Waals surface area contributed by atoms with E-state index in [0.29, 0.717) is 5.92 Å². The molecule has 0 aromatic heterocycles. The lowest BCUT2D eigenvalue weighted by Crippen LogP contribution is -2.43. The van der Waals surface area contributed by atoms with Crippen molar-refractivity contribution in [2.45, 2.75) is 46.1 Å². The number of nitrogens with zero attached hydrogens (tertiary/aromatic N) is 1. The smallest absolute Gasteiger partial charge is 0.410 e. The van der Waals surface area contributed by atoms with Gasteiger partial charge in [-0.3, -0.25) is 0 Å². The predicted octanol–water partition coefficient (Wildman–Crippen LogP) is 2.25. The number of likely N-dealkylation sites (tertiary alicyclic amines) is 1. The molecule has 1 aliphatic heterocycles. The van der Waals surface area contributed by atoms with E-state index in [4.69, 9.17) is 4.74 Å². The van der Waals surface area contributed by atoms with Crippen molar-refractivity contribution in [3.8, 4) is 11.8 Å². The van der Waals surface area contributed by atoms with Crippen molar-refractivity contribution < 1.29 is 9.53 Å². The van der Waals surface area contributed by atoms with Gasteiger partial charge in [0.05, 0.1) is 6.54 Å². The molecule has 1 heterocycles. The minimum atomic E-state index is -0.408. The van der Waals surface area contributed by atoms with Crippen LogP contribution >= 0.6 is 0 Å². The molecular weight excluding hydrogens is 240 g/mol. The van der Waals surface area contributed by atoms with Crippen LogP contribution in [0.15, 0.2) is 0 Å². The Kier molecular flexibility index (Phi) is 6.17. The van der Waals surface area contributed by atoms with Crippen LogP contribution in [-0.4, -0.2) is 42.8 Å². The fourth-order valence-corrected chi connectivity index (χ4v) is 2.07. The van der Waals surface area contributed by atoms with Crippen LogP contribution in [-0.2, 0) is 4.74 Å². The van der Waals surface area contributed by atoms with Gasteiger partial charge in [-0.25, -0.2) is 4.79 Å². The van der Waals surface area contributed by atoms with E-state index in [1.807, 2.05) is 32.6 Å². The normalized spacial score (nSPS) is 16.7. The zero-order chi connectivity index (χ0) is 14.3. The molecule has 0 spiro atoms. The topological polar surface area (TPSA) is 41.6 Å². The highest BCUT2D eigenvalue weighted by atomic mass is 16.6. The van der Waals surface area contributed by atoms with Crippen molar-refractivity contribution in [1.82, 2.24) is 10.2 Å². The Balaban J connectivity index is 2.24. The molecule has 0 bridgehead atoms. The molecule has 108 valence electrons. The maximum atomic E-state index is 11.9. The summed E-state index contributed by atoms with van der Waals surface area (Å²) < 4.78 is 5.38. The number of rotatable bonds is 3. The molecule has 0 aliphatic carbocycles. The van der Waals surface area contributed by atoms with Gasteiger partial charge in [-0.15, -0.1) is 5.92 Å². The Morgan fingerprint density at radius 1 is 1.37 bits per heavy atom. The second kappa shape index (κ2) is 7.40. The van der Waals surface area contributed by atoms with Crippen LogP contribution in [0.3, 0.4) is 0 Å². The van der Waals surface area contributed by atoms with Crippen molar-refractivity contribution in [2.24, 2.45) is 5.92 Å². The number of carbonyl (C=O) groups is 1. The van der Waals surface area contributed by atoms with Crippen molar-refractivity contribution in [1.29, 1.82) is 0 Å². The van der Waals surface area contributed by atoms with E-state index in [1.165, 1.54) is 0 Å². The summed E-state index contributed by atoms with van der Waals surface area (Å²) in [6, 6.07) is 0. The third kappa shape index (κ3) is 6.49. The number of nitrogens with one attached hydrogen (secondary N) is 1. The average Bonchev–Trinajstić information content (AvgIpc) is 2.33. The van der Waals surface area contributed by atoms with Crippen molar-refractivity contribution >= 4 is 6.09 Å². The predicted molar refractivity (Wildman–Crippen MR) is 76.9 cm³/mol. The molecule has 1 N–H and O–H groups in total. The summed E-state index contributed by atoms with van der Waals surface area (Å²) in [5.74, 6) is 6.50. The number of ether oxygens (including phenoxy) is 1. The van der Waals surface area contributed by atoms with Crippen LogP contribution < -0.4 is 5.32 Å². The Morgan fingerprint density at radius 2 is 2.00 bits per heavy atom. The molecule has 0 saturated carbocycles. The highest BCUT2D eigenvalue weighted by Gasteiger charge is 2.26. The zero-order valence-corrected chi connectivity index (χ0v) is 12.6. The summed E-state index contributed by atoms with van der Waals surface area (Å²) >= 11 is 0. The first-order valence-corrected chi connectivity index (χ1v) is 7.00. The standard InChI is InChI=1S/C15H26N2O2/c1-5-6-9-16-12-13-7-10-17(11-8-13)14(18)19-15(2,3)4/h13,16H,7-12H2,1-4H3. The van der Waals surface area contributed by atoms with E-state index in [9.17, 15) is 4.79 Å². The lowest BCUT2D eigenvalue weighted by Gasteiger charge is -2.33. The summed E-state index contributed by atoms with van der Waals surface area (Å²) in [4.78, 5) is 13.7. The van der Waals surface area contributed by atoms with Crippen LogP contribution in [0.4, 0.5) is 4.79 Å². The van der Waals surface area contributed by atoms with Crippen LogP contribution in [0.25, 0.3) is 0 Å². The van der Waals surface area contributed by atoms with Crippen LogP contribution in [0.1, 0.15) is 40.5 Å². The fourth-order valence-electron chi connectivity index (χ4n) is 2.07.